The lowest BCUT2D eigenvalue weighted by atomic mass is 9.83. The van der Waals surface area contributed by atoms with Crippen LogP contribution < -0.4 is 10.6 Å². The molecule has 0 aromatic heterocycles. The number of rotatable bonds is 10. The molecular weight excluding hydrogens is 431 g/mol. The summed E-state index contributed by atoms with van der Waals surface area (Å²) in [4.78, 5) is 17.8. The standard InChI is InChI=1S/C18H36N4O2.HI/c1-5-18(10-7-8-11-18)15-21-17(19-12-9-13-24-6-2)20-14-16(23)22(3)4;/h5-15H2,1-4H3,(H2,19,20,21);1H. The van der Waals surface area contributed by atoms with Crippen LogP contribution in [0.25, 0.3) is 0 Å². The Labute approximate surface area is 170 Å². The molecule has 0 bridgehead atoms. The Hall–Kier alpha value is -0.570. The Morgan fingerprint density at radius 1 is 1.20 bits per heavy atom. The molecule has 0 saturated heterocycles. The molecule has 7 heteroatoms. The third-order valence-electron chi connectivity index (χ3n) is 4.88. The Morgan fingerprint density at radius 2 is 1.88 bits per heavy atom. The van der Waals surface area contributed by atoms with Crippen molar-refractivity contribution < 1.29 is 9.53 Å². The van der Waals surface area contributed by atoms with Crippen LogP contribution in [0.3, 0.4) is 0 Å². The summed E-state index contributed by atoms with van der Waals surface area (Å²) in [5.74, 6) is 0.748. The van der Waals surface area contributed by atoms with Gasteiger partial charge in [0.05, 0.1) is 0 Å². The Balaban J connectivity index is 0.00000576. The van der Waals surface area contributed by atoms with Gasteiger partial charge >= 0.3 is 0 Å². The Kier molecular flexibility index (Phi) is 13.3. The second kappa shape index (κ2) is 13.6. The fourth-order valence-electron chi connectivity index (χ4n) is 3.04. The molecule has 1 aliphatic carbocycles. The van der Waals surface area contributed by atoms with Crippen LogP contribution >= 0.6 is 24.0 Å². The number of nitrogens with zero attached hydrogens (tertiary/aromatic N) is 2. The number of aliphatic imine (C=N–C) groups is 1. The predicted octanol–water partition coefficient (Wildman–Crippen LogP) is 2.62. The zero-order valence-corrected chi connectivity index (χ0v) is 18.7. The number of guanidine groups is 1. The van der Waals surface area contributed by atoms with Crippen molar-refractivity contribution in [2.24, 2.45) is 10.4 Å². The van der Waals surface area contributed by atoms with Crippen LogP contribution in [-0.4, -0.2) is 63.7 Å². The van der Waals surface area contributed by atoms with E-state index in [-0.39, 0.29) is 36.4 Å². The van der Waals surface area contributed by atoms with E-state index < -0.39 is 0 Å². The average Bonchev–Trinajstić information content (AvgIpc) is 3.05. The van der Waals surface area contributed by atoms with Crippen LogP contribution in [0.15, 0.2) is 4.99 Å². The van der Waals surface area contributed by atoms with Gasteiger partial charge in [0.25, 0.3) is 0 Å². The van der Waals surface area contributed by atoms with E-state index in [0.717, 1.165) is 38.7 Å². The van der Waals surface area contributed by atoms with Crippen LogP contribution in [0.1, 0.15) is 52.4 Å². The molecule has 1 saturated carbocycles. The third-order valence-corrected chi connectivity index (χ3v) is 4.88. The van der Waals surface area contributed by atoms with Crippen LogP contribution in [0.5, 0.6) is 0 Å². The summed E-state index contributed by atoms with van der Waals surface area (Å²) in [6.45, 7) is 7.66. The van der Waals surface area contributed by atoms with Crippen molar-refractivity contribution in [3.05, 3.63) is 0 Å². The molecule has 0 unspecified atom stereocenters. The van der Waals surface area contributed by atoms with Crippen LogP contribution in [-0.2, 0) is 9.53 Å². The second-order valence-electron chi connectivity index (χ2n) is 6.84. The number of nitrogens with one attached hydrogen (secondary N) is 2. The van der Waals surface area contributed by atoms with E-state index in [2.05, 4.69) is 22.5 Å². The number of carbonyl (C=O) groups excluding carboxylic acids is 1. The summed E-state index contributed by atoms with van der Waals surface area (Å²) in [6.07, 6.45) is 7.32. The average molecular weight is 468 g/mol. The normalized spacial score (nSPS) is 16.2. The number of hydrogen-bond acceptors (Lipinski definition) is 3. The molecule has 1 fully saturated rings. The summed E-state index contributed by atoms with van der Waals surface area (Å²) in [6, 6.07) is 0. The number of hydrogen-bond donors (Lipinski definition) is 2. The van der Waals surface area contributed by atoms with Crippen LogP contribution in [0, 0.1) is 5.41 Å². The topological polar surface area (TPSA) is 66.0 Å². The molecule has 6 nitrogen and oxygen atoms in total. The van der Waals surface area contributed by atoms with Gasteiger partial charge in [-0.3, -0.25) is 4.79 Å². The monoisotopic (exact) mass is 468 g/mol. The highest BCUT2D eigenvalue weighted by Gasteiger charge is 2.31. The predicted molar refractivity (Wildman–Crippen MR) is 115 cm³/mol. The van der Waals surface area contributed by atoms with Crippen molar-refractivity contribution in [3.63, 3.8) is 0 Å². The molecule has 25 heavy (non-hydrogen) atoms. The highest BCUT2D eigenvalue weighted by atomic mass is 127. The van der Waals surface area contributed by atoms with E-state index >= 15 is 0 Å². The first-order valence-corrected chi connectivity index (χ1v) is 9.33. The van der Waals surface area contributed by atoms with E-state index in [1.165, 1.54) is 32.1 Å². The van der Waals surface area contributed by atoms with Gasteiger partial charge in [0.1, 0.15) is 6.54 Å². The molecule has 0 aromatic rings. The Morgan fingerprint density at radius 3 is 2.44 bits per heavy atom. The number of halogens is 1. The number of likely N-dealkylation sites (N-methyl/N-ethyl adjacent to an activating group) is 1. The zero-order chi connectivity index (χ0) is 17.8. The van der Waals surface area contributed by atoms with Gasteiger partial charge in [-0.25, -0.2) is 4.99 Å². The van der Waals surface area contributed by atoms with Gasteiger partial charge < -0.3 is 20.3 Å². The van der Waals surface area contributed by atoms with E-state index in [1.807, 2.05) is 6.92 Å². The highest BCUT2D eigenvalue weighted by Crippen LogP contribution is 2.40. The minimum atomic E-state index is 0. The number of ether oxygens (including phenoxy) is 1. The van der Waals surface area contributed by atoms with E-state index in [9.17, 15) is 4.79 Å². The fourth-order valence-corrected chi connectivity index (χ4v) is 3.04. The van der Waals surface area contributed by atoms with Gasteiger partial charge in [-0.05, 0) is 38.0 Å². The molecule has 0 aliphatic heterocycles. The molecule has 1 rings (SSSR count). The molecule has 0 aromatic carbocycles. The highest BCUT2D eigenvalue weighted by molar-refractivity contribution is 14.0. The molecule has 0 atom stereocenters. The lowest BCUT2D eigenvalue weighted by Crippen LogP contribution is -2.44. The van der Waals surface area contributed by atoms with Crippen molar-refractivity contribution in [2.75, 3.05) is 46.9 Å². The summed E-state index contributed by atoms with van der Waals surface area (Å²) in [5, 5.41) is 6.79. The van der Waals surface area contributed by atoms with E-state index in [0.29, 0.717) is 5.41 Å². The van der Waals surface area contributed by atoms with Gasteiger partial charge in [-0.2, -0.15) is 0 Å². The minimum Gasteiger partial charge on any atom is -0.382 e. The zero-order valence-electron chi connectivity index (χ0n) is 16.4. The summed E-state index contributed by atoms with van der Waals surface area (Å²) in [5.41, 5.74) is 0.388. The smallest absolute Gasteiger partial charge is 0.243 e. The number of amides is 1. The van der Waals surface area contributed by atoms with Crippen molar-refractivity contribution in [3.8, 4) is 0 Å². The van der Waals surface area contributed by atoms with Gasteiger partial charge in [0, 0.05) is 40.4 Å². The maximum absolute atomic E-state index is 11.8. The van der Waals surface area contributed by atoms with Gasteiger partial charge in [-0.15, -0.1) is 24.0 Å². The third kappa shape index (κ3) is 9.63. The molecule has 148 valence electrons. The molecule has 2 N–H and O–H groups in total. The quantitative estimate of drug-likeness (QED) is 0.224. The van der Waals surface area contributed by atoms with E-state index in [1.54, 1.807) is 19.0 Å². The first-order valence-electron chi connectivity index (χ1n) is 9.33. The first-order chi connectivity index (χ1) is 11.5. The van der Waals surface area contributed by atoms with Crippen LogP contribution in [0.2, 0.25) is 0 Å². The Bertz CT molecular complexity index is 397. The summed E-state index contributed by atoms with van der Waals surface area (Å²) >= 11 is 0. The van der Waals surface area contributed by atoms with Gasteiger partial charge in [0.2, 0.25) is 5.91 Å². The van der Waals surface area contributed by atoms with Crippen molar-refractivity contribution in [1.82, 2.24) is 15.5 Å². The molecule has 0 heterocycles. The number of carbonyl (C=O) groups is 1. The largest absolute Gasteiger partial charge is 0.382 e. The second-order valence-corrected chi connectivity index (χ2v) is 6.84. The summed E-state index contributed by atoms with van der Waals surface area (Å²) < 4.78 is 5.36. The lowest BCUT2D eigenvalue weighted by Gasteiger charge is -2.28. The van der Waals surface area contributed by atoms with Gasteiger partial charge in [0.15, 0.2) is 5.96 Å². The van der Waals surface area contributed by atoms with Gasteiger partial charge in [-0.1, -0.05) is 19.8 Å². The first kappa shape index (κ1) is 24.4. The fraction of sp³-hybridized carbons (Fsp3) is 0.889. The molecule has 1 aliphatic rings. The SMILES string of the molecule is CCOCCCNC(=NCC(=O)N(C)C)NCC1(CC)CCCC1.I. The summed E-state index contributed by atoms with van der Waals surface area (Å²) in [7, 11) is 3.51. The maximum atomic E-state index is 11.8. The molecule has 1 amide bonds. The van der Waals surface area contributed by atoms with E-state index in [4.69, 9.17) is 4.74 Å². The molecular formula is C18H37IN4O2. The maximum Gasteiger partial charge on any atom is 0.243 e. The molecule has 0 spiro atoms. The minimum absolute atomic E-state index is 0. The van der Waals surface area contributed by atoms with Crippen molar-refractivity contribution >= 4 is 35.8 Å². The lowest BCUT2D eigenvalue weighted by molar-refractivity contribution is -0.127. The van der Waals surface area contributed by atoms with Crippen molar-refractivity contribution in [1.29, 1.82) is 0 Å². The van der Waals surface area contributed by atoms with Crippen LogP contribution in [0.4, 0.5) is 0 Å². The molecule has 0 radical (unpaired) electrons. The van der Waals surface area contributed by atoms with Crippen molar-refractivity contribution in [2.45, 2.75) is 52.4 Å².